The van der Waals surface area contributed by atoms with Gasteiger partial charge in [0.1, 0.15) is 0 Å². The summed E-state index contributed by atoms with van der Waals surface area (Å²) in [5.41, 5.74) is 3.98. The molecular weight excluding hydrogens is 348 g/mol. The van der Waals surface area contributed by atoms with Gasteiger partial charge in [0.15, 0.2) is 29.6 Å². The maximum Gasteiger partial charge on any atom is 0.277 e. The number of para-hydroxylation sites is 2. The zero-order chi connectivity index (χ0) is 19.1. The Kier molecular flexibility index (Phi) is 6.14. The van der Waals surface area contributed by atoms with Gasteiger partial charge in [-0.1, -0.05) is 12.1 Å². The van der Waals surface area contributed by atoms with E-state index < -0.39 is 0 Å². The molecule has 0 spiro atoms. The zero-order valence-corrected chi connectivity index (χ0v) is 15.4. The molecule has 0 radical (unpaired) electrons. The highest BCUT2D eigenvalue weighted by Gasteiger charge is 2.12. The Labute approximate surface area is 157 Å². The van der Waals surface area contributed by atoms with Crippen molar-refractivity contribution in [2.45, 2.75) is 13.3 Å². The van der Waals surface area contributed by atoms with Crippen LogP contribution in [0.2, 0.25) is 0 Å². The maximum atomic E-state index is 12.0. The first-order valence-corrected chi connectivity index (χ1v) is 8.66. The standard InChI is InChI=1S/C20H22N2O5/c1-14(15-8-9-18-19(12-15)26-11-5-10-25-18)21-22-20(23)13-27-17-7-4-3-6-16(17)24-2/h3-4,6-9,12H,5,10-11,13H2,1-2H3,(H,22,23)/b21-14-. The number of ether oxygens (including phenoxy) is 4. The van der Waals surface area contributed by atoms with Gasteiger partial charge < -0.3 is 18.9 Å². The molecule has 142 valence electrons. The van der Waals surface area contributed by atoms with E-state index in [0.29, 0.717) is 36.2 Å². The summed E-state index contributed by atoms with van der Waals surface area (Å²) in [7, 11) is 1.55. The number of hydrogen-bond donors (Lipinski definition) is 1. The molecule has 2 aromatic rings. The smallest absolute Gasteiger partial charge is 0.277 e. The van der Waals surface area contributed by atoms with Crippen LogP contribution in [0.4, 0.5) is 0 Å². The topological polar surface area (TPSA) is 78.4 Å². The number of carbonyl (C=O) groups is 1. The summed E-state index contributed by atoms with van der Waals surface area (Å²) in [4.78, 5) is 12.0. The van der Waals surface area contributed by atoms with Crippen molar-refractivity contribution < 1.29 is 23.7 Å². The molecule has 0 aliphatic carbocycles. The van der Waals surface area contributed by atoms with E-state index in [-0.39, 0.29) is 12.5 Å². The van der Waals surface area contributed by atoms with Crippen molar-refractivity contribution in [2.24, 2.45) is 5.10 Å². The summed E-state index contributed by atoms with van der Waals surface area (Å²) in [5.74, 6) is 2.11. The number of hydrazone groups is 1. The van der Waals surface area contributed by atoms with Crippen LogP contribution in [-0.2, 0) is 4.79 Å². The fraction of sp³-hybridized carbons (Fsp3) is 0.300. The number of benzene rings is 2. The van der Waals surface area contributed by atoms with E-state index in [1.54, 1.807) is 26.2 Å². The van der Waals surface area contributed by atoms with Crippen molar-refractivity contribution in [1.82, 2.24) is 5.43 Å². The normalized spacial score (nSPS) is 13.5. The predicted octanol–water partition coefficient (Wildman–Crippen LogP) is 2.78. The second-order valence-corrected chi connectivity index (χ2v) is 5.88. The first kappa shape index (κ1) is 18.6. The molecule has 2 aromatic carbocycles. The number of amides is 1. The summed E-state index contributed by atoms with van der Waals surface area (Å²) >= 11 is 0. The van der Waals surface area contributed by atoms with Crippen LogP contribution in [0, 0.1) is 0 Å². The number of methoxy groups -OCH3 is 1. The fourth-order valence-electron chi connectivity index (χ4n) is 2.51. The van der Waals surface area contributed by atoms with Crippen LogP contribution in [0.1, 0.15) is 18.9 Å². The molecule has 7 heteroatoms. The van der Waals surface area contributed by atoms with E-state index in [4.69, 9.17) is 18.9 Å². The van der Waals surface area contributed by atoms with E-state index in [9.17, 15) is 4.79 Å². The lowest BCUT2D eigenvalue weighted by molar-refractivity contribution is -0.123. The van der Waals surface area contributed by atoms with Gasteiger partial charge in [0, 0.05) is 12.0 Å². The Morgan fingerprint density at radius 2 is 1.85 bits per heavy atom. The second kappa shape index (κ2) is 8.93. The van der Waals surface area contributed by atoms with Gasteiger partial charge in [0.2, 0.25) is 0 Å². The van der Waals surface area contributed by atoms with Crippen molar-refractivity contribution in [3.63, 3.8) is 0 Å². The molecular formula is C20H22N2O5. The lowest BCUT2D eigenvalue weighted by atomic mass is 10.1. The first-order chi connectivity index (χ1) is 13.2. The molecule has 0 saturated carbocycles. The zero-order valence-electron chi connectivity index (χ0n) is 15.4. The molecule has 27 heavy (non-hydrogen) atoms. The Hall–Kier alpha value is -3.22. The monoisotopic (exact) mass is 370 g/mol. The Morgan fingerprint density at radius 1 is 1.11 bits per heavy atom. The lowest BCUT2D eigenvalue weighted by Crippen LogP contribution is -2.25. The predicted molar refractivity (Wildman–Crippen MR) is 101 cm³/mol. The summed E-state index contributed by atoms with van der Waals surface area (Å²) < 4.78 is 21.9. The van der Waals surface area contributed by atoms with E-state index in [0.717, 1.165) is 17.7 Å². The summed E-state index contributed by atoms with van der Waals surface area (Å²) in [6.45, 7) is 2.89. The van der Waals surface area contributed by atoms with Crippen LogP contribution in [-0.4, -0.2) is 38.5 Å². The molecule has 0 bridgehead atoms. The van der Waals surface area contributed by atoms with Gasteiger partial charge in [-0.2, -0.15) is 5.10 Å². The number of fused-ring (bicyclic) bond motifs is 1. The quantitative estimate of drug-likeness (QED) is 0.625. The van der Waals surface area contributed by atoms with Crippen molar-refractivity contribution in [1.29, 1.82) is 0 Å². The maximum absolute atomic E-state index is 12.0. The molecule has 7 nitrogen and oxygen atoms in total. The Bertz CT molecular complexity index is 835. The number of rotatable bonds is 6. The third-order valence-corrected chi connectivity index (χ3v) is 3.94. The van der Waals surface area contributed by atoms with Gasteiger partial charge in [0.25, 0.3) is 5.91 Å². The molecule has 1 heterocycles. The Morgan fingerprint density at radius 3 is 2.63 bits per heavy atom. The van der Waals surface area contributed by atoms with Crippen molar-refractivity contribution in [3.8, 4) is 23.0 Å². The highest BCUT2D eigenvalue weighted by atomic mass is 16.5. The molecule has 1 aliphatic heterocycles. The molecule has 1 N–H and O–H groups in total. The molecule has 0 unspecified atom stereocenters. The SMILES string of the molecule is COc1ccccc1OCC(=O)N/N=C(/C)c1ccc2c(c1)OCCCO2. The minimum Gasteiger partial charge on any atom is -0.493 e. The fourth-order valence-corrected chi connectivity index (χ4v) is 2.51. The van der Waals surface area contributed by atoms with Crippen LogP contribution in [0.3, 0.4) is 0 Å². The number of hydrogen-bond acceptors (Lipinski definition) is 6. The van der Waals surface area contributed by atoms with Gasteiger partial charge in [-0.3, -0.25) is 4.79 Å². The molecule has 0 fully saturated rings. The van der Waals surface area contributed by atoms with Crippen molar-refractivity contribution in [2.75, 3.05) is 26.9 Å². The minimum atomic E-state index is -0.366. The van der Waals surface area contributed by atoms with Crippen LogP contribution >= 0.6 is 0 Å². The number of nitrogens with one attached hydrogen (secondary N) is 1. The molecule has 1 amide bonds. The van der Waals surface area contributed by atoms with Gasteiger partial charge in [0.05, 0.1) is 26.0 Å². The molecule has 3 rings (SSSR count). The summed E-state index contributed by atoms with van der Waals surface area (Å²) in [5, 5.41) is 4.13. The highest BCUT2D eigenvalue weighted by Crippen LogP contribution is 2.30. The highest BCUT2D eigenvalue weighted by molar-refractivity contribution is 5.99. The first-order valence-electron chi connectivity index (χ1n) is 8.66. The lowest BCUT2D eigenvalue weighted by Gasteiger charge is -2.10. The third kappa shape index (κ3) is 4.91. The molecule has 1 aliphatic rings. The van der Waals surface area contributed by atoms with Crippen LogP contribution in [0.5, 0.6) is 23.0 Å². The number of carbonyl (C=O) groups excluding carboxylic acids is 1. The van der Waals surface area contributed by atoms with Crippen LogP contribution in [0.15, 0.2) is 47.6 Å². The van der Waals surface area contributed by atoms with E-state index in [1.807, 2.05) is 30.3 Å². The summed E-state index contributed by atoms with van der Waals surface area (Å²) in [6.07, 6.45) is 0.847. The van der Waals surface area contributed by atoms with Crippen LogP contribution < -0.4 is 24.4 Å². The van der Waals surface area contributed by atoms with Gasteiger partial charge >= 0.3 is 0 Å². The largest absolute Gasteiger partial charge is 0.493 e. The third-order valence-electron chi connectivity index (χ3n) is 3.94. The molecule has 0 aromatic heterocycles. The molecule has 0 atom stereocenters. The number of nitrogens with zero attached hydrogens (tertiary/aromatic N) is 1. The van der Waals surface area contributed by atoms with Crippen LogP contribution in [0.25, 0.3) is 0 Å². The van der Waals surface area contributed by atoms with E-state index in [1.165, 1.54) is 0 Å². The second-order valence-electron chi connectivity index (χ2n) is 5.88. The minimum absolute atomic E-state index is 0.168. The average molecular weight is 370 g/mol. The van der Waals surface area contributed by atoms with Crippen molar-refractivity contribution in [3.05, 3.63) is 48.0 Å². The Balaban J connectivity index is 1.58. The van der Waals surface area contributed by atoms with E-state index >= 15 is 0 Å². The van der Waals surface area contributed by atoms with E-state index in [2.05, 4.69) is 10.5 Å². The molecule has 0 saturated heterocycles. The van der Waals surface area contributed by atoms with Gasteiger partial charge in [-0.05, 0) is 37.3 Å². The van der Waals surface area contributed by atoms with Crippen molar-refractivity contribution >= 4 is 11.6 Å². The van der Waals surface area contributed by atoms with Gasteiger partial charge in [-0.25, -0.2) is 5.43 Å². The van der Waals surface area contributed by atoms with Gasteiger partial charge in [-0.15, -0.1) is 0 Å². The average Bonchev–Trinajstić information content (AvgIpc) is 2.95. The summed E-state index contributed by atoms with van der Waals surface area (Å²) in [6, 6.07) is 12.7.